The Kier molecular flexibility index (Phi) is 21.2. The molecule has 0 amide bonds. The van der Waals surface area contributed by atoms with Crippen LogP contribution in [0.15, 0.2) is 0 Å². The van der Waals surface area contributed by atoms with Crippen LogP contribution in [0.3, 0.4) is 0 Å². The Morgan fingerprint density at radius 1 is 1.75 bits per heavy atom. The van der Waals surface area contributed by atoms with Crippen molar-refractivity contribution in [1.29, 1.82) is 0 Å². The van der Waals surface area contributed by atoms with Gasteiger partial charge in [-0.3, -0.25) is 0 Å². The van der Waals surface area contributed by atoms with Gasteiger partial charge >= 0.3 is 41.5 Å². The van der Waals surface area contributed by atoms with E-state index in [1.165, 1.54) is 0 Å². The van der Waals surface area contributed by atoms with E-state index >= 15 is 0 Å². The summed E-state index contributed by atoms with van der Waals surface area (Å²) in [5, 5.41) is 1.56. The normalized spacial score (nSPS) is 3.00. The van der Waals surface area contributed by atoms with E-state index in [1.54, 1.807) is 5.38 Å². The largest absolute Gasteiger partial charge is 0 e. The standard InChI is InChI=1S/BH2.Ca.H3Si.Zn/h1H2;;1H3;/q+1;-1;;. The Hall–Kier alpha value is 2.16. The van der Waals surface area contributed by atoms with E-state index in [9.17, 15) is 0 Å². The molecule has 0 saturated heterocycles. The summed E-state index contributed by atoms with van der Waals surface area (Å²) in [6.07, 6.45) is 0. The molecule has 16 valence electrons. The maximum atomic E-state index is 2.37. The van der Waals surface area contributed by atoms with E-state index in [4.69, 9.17) is 0 Å². The zero-order valence-electron chi connectivity index (χ0n) is 3.41. The van der Waals surface area contributed by atoms with Crippen molar-refractivity contribution in [2.75, 3.05) is 0 Å². The molecule has 0 fully saturated rings. The third-order valence-electron chi connectivity index (χ3n) is 0. The van der Waals surface area contributed by atoms with Crippen molar-refractivity contribution in [3.63, 3.8) is 0 Å². The Labute approximate surface area is 59.9 Å². The van der Waals surface area contributed by atoms with Gasteiger partial charge in [-0.15, -0.1) is 0 Å². The molecule has 0 atom stereocenters. The van der Waals surface area contributed by atoms with Crippen LogP contribution in [0.25, 0.3) is 0 Å². The van der Waals surface area contributed by atoms with Gasteiger partial charge in [0.25, 0.3) is 0 Å². The Bertz CT molecular complexity index is 8.00. The first-order valence-electron chi connectivity index (χ1n) is 1.41. The van der Waals surface area contributed by atoms with Crippen molar-refractivity contribution in [3.05, 3.63) is 0 Å². The van der Waals surface area contributed by atoms with Gasteiger partial charge < -0.3 is 0 Å². The Morgan fingerprint density at radius 2 is 1.75 bits per heavy atom. The molecule has 0 radical (unpaired) electrons. The molecule has 0 nitrogen and oxygen atoms in total. The minimum atomic E-state index is 0. The van der Waals surface area contributed by atoms with Crippen LogP contribution in [0.4, 0.5) is 0 Å². The van der Waals surface area contributed by atoms with E-state index in [-0.39, 0.29) is 52.0 Å². The van der Waals surface area contributed by atoms with E-state index in [0.29, 0.717) is 0 Å². The van der Waals surface area contributed by atoms with Crippen molar-refractivity contribution in [2.24, 2.45) is 0 Å². The maximum Gasteiger partial charge on any atom is 0 e. The molecular weight excluding hydrogens is 144 g/mol. The van der Waals surface area contributed by atoms with E-state index in [2.05, 4.69) is 3.66 Å². The smallest absolute Gasteiger partial charge is 0 e. The van der Waals surface area contributed by atoms with Gasteiger partial charge in [0.05, 0.1) is 0 Å². The summed E-state index contributed by atoms with van der Waals surface area (Å²) >= 11 is 0.264. The van der Waals surface area contributed by atoms with Crippen LogP contribution in [0.5, 0.6) is 0 Å². The van der Waals surface area contributed by atoms with E-state index in [0.717, 1.165) is 0 Å². The molecule has 0 rings (SSSR count). The summed E-state index contributed by atoms with van der Waals surface area (Å²) in [6, 6.07) is 0. The van der Waals surface area contributed by atoms with Crippen LogP contribution < -0.4 is 0 Å². The van der Waals surface area contributed by atoms with Gasteiger partial charge in [0.2, 0.25) is 0 Å². The van der Waals surface area contributed by atoms with Crippen molar-refractivity contribution in [1.82, 2.24) is 0 Å². The van der Waals surface area contributed by atoms with Crippen molar-refractivity contribution >= 4 is 41.5 Å². The van der Waals surface area contributed by atoms with Crippen molar-refractivity contribution in [2.45, 2.75) is 0 Å². The first-order chi connectivity index (χ1) is 1.41. The molecule has 0 saturated carbocycles. The predicted molar refractivity (Wildman–Crippen MR) is 24.2 cm³/mol. The van der Waals surface area contributed by atoms with Crippen LogP contribution >= 0.6 is 0 Å². The van der Waals surface area contributed by atoms with Crippen LogP contribution in [-0.4, -0.2) is 41.5 Å². The van der Waals surface area contributed by atoms with Gasteiger partial charge in [-0.1, -0.05) is 0 Å². The molecule has 0 aromatic rings. The minimum absolute atomic E-state index is 0. The van der Waals surface area contributed by atoms with Crippen molar-refractivity contribution in [3.8, 4) is 0 Å². The zero-order valence-corrected chi connectivity index (χ0v) is 10.6. The molecule has 0 aromatic carbocycles. The predicted octanol–water partition coefficient (Wildman–Crippen LogP) is -2.48. The van der Waals surface area contributed by atoms with E-state index < -0.39 is 0 Å². The monoisotopic (exact) mass is 148 g/mol. The molecule has 4 heteroatoms. The number of hydrogen-bond donors (Lipinski definition) is 0. The van der Waals surface area contributed by atoms with Crippen LogP contribution in [-0.2, 0) is 19.5 Å². The minimum Gasteiger partial charge on any atom is 0 e. The van der Waals surface area contributed by atoms with Crippen molar-refractivity contribution < 1.29 is 19.5 Å². The molecule has 0 spiro atoms. The summed E-state index contributed by atoms with van der Waals surface area (Å²) in [5.41, 5.74) is 0. The summed E-state index contributed by atoms with van der Waals surface area (Å²) in [4.78, 5) is 0. The zero-order chi connectivity index (χ0) is 2.71. The van der Waals surface area contributed by atoms with Gasteiger partial charge in [0, 0.05) is 19.5 Å². The molecule has 0 heterocycles. The number of rotatable bonds is 0. The quantitative estimate of drug-likeness (QED) is 0.335. The fourth-order valence-electron chi connectivity index (χ4n) is 0. The average Bonchev–Trinajstić information content (AvgIpc) is 0.918. The SMILES string of the molecule is [BH2][Ca][SiH3].[Zn]. The second-order valence-corrected chi connectivity index (χ2v) is 8.75. The van der Waals surface area contributed by atoms with Gasteiger partial charge in [0.1, 0.15) is 0 Å². The summed E-state index contributed by atoms with van der Waals surface area (Å²) in [5.74, 6) is 0. The first kappa shape index (κ1) is 9.48. The molecule has 0 aliphatic heterocycles. The molecule has 0 aromatic heterocycles. The molecule has 0 aliphatic carbocycles. The molecule has 0 bridgehead atoms. The number of hydrogen-bond acceptors (Lipinski definition) is 0. The molecule has 0 unspecified atom stereocenters. The fraction of sp³-hybridized carbons (Fsp3) is 0. The molecular formula is H5BCaSiZn. The maximum absolute atomic E-state index is 2.37. The van der Waals surface area contributed by atoms with Gasteiger partial charge in [-0.2, -0.15) is 0 Å². The van der Waals surface area contributed by atoms with Gasteiger partial charge in [-0.25, -0.2) is 0 Å². The summed E-state index contributed by atoms with van der Waals surface area (Å²) in [7, 11) is 0. The second-order valence-electron chi connectivity index (χ2n) is 0.707. The molecule has 0 N–H and O–H groups in total. The fourth-order valence-corrected chi connectivity index (χ4v) is 0. The topological polar surface area (TPSA) is 0 Å². The second kappa shape index (κ2) is 8.94. The third kappa shape index (κ3) is 8.90. The Morgan fingerprint density at radius 3 is 1.75 bits per heavy atom. The molecule has 0 aliphatic rings. The van der Waals surface area contributed by atoms with Gasteiger partial charge in [0.15, 0.2) is 0 Å². The summed E-state index contributed by atoms with van der Waals surface area (Å²) < 4.78 is 2.37. The average molecular weight is 149 g/mol. The first-order valence-corrected chi connectivity index (χ1v) is 11.7. The van der Waals surface area contributed by atoms with Crippen LogP contribution in [0.1, 0.15) is 0 Å². The van der Waals surface area contributed by atoms with Gasteiger partial charge in [-0.05, 0) is 0 Å². The summed E-state index contributed by atoms with van der Waals surface area (Å²) in [6.45, 7) is 0. The van der Waals surface area contributed by atoms with Crippen LogP contribution in [0.2, 0.25) is 0 Å². The third-order valence-corrected chi connectivity index (χ3v) is 0. The van der Waals surface area contributed by atoms with E-state index in [1.807, 2.05) is 0 Å². The molecule has 4 heavy (non-hydrogen) atoms. The van der Waals surface area contributed by atoms with Crippen LogP contribution in [0, 0.1) is 0 Å². The Balaban J connectivity index is 0.